The van der Waals surface area contributed by atoms with Crippen LogP contribution in [0.3, 0.4) is 0 Å². The minimum absolute atomic E-state index is 0.105. The Kier molecular flexibility index (Phi) is 1.35. The minimum Gasteiger partial charge on any atom is -0.290 e. The van der Waals surface area contributed by atoms with Crippen LogP contribution in [0.25, 0.3) is 0 Å². The summed E-state index contributed by atoms with van der Waals surface area (Å²) < 4.78 is 0. The van der Waals surface area contributed by atoms with Crippen LogP contribution in [0.4, 0.5) is 0 Å². The van der Waals surface area contributed by atoms with Crippen LogP contribution in [-0.4, -0.2) is 5.78 Å². The molecule has 0 spiro atoms. The van der Waals surface area contributed by atoms with Crippen molar-refractivity contribution in [3.8, 4) is 0 Å². The monoisotopic (exact) mass is 144 g/mol. The van der Waals surface area contributed by atoms with E-state index in [-0.39, 0.29) is 5.78 Å². The second-order valence-corrected chi connectivity index (χ2v) is 2.68. The third-order valence-electron chi connectivity index (χ3n) is 1.88. The number of allylic oxidation sites excluding steroid dienone is 8. The van der Waals surface area contributed by atoms with Crippen molar-refractivity contribution in [3.63, 3.8) is 0 Å². The number of hydrogen-bond donors (Lipinski definition) is 0. The molecule has 54 valence electrons. The van der Waals surface area contributed by atoms with E-state index in [1.807, 2.05) is 18.2 Å². The first-order chi connectivity index (χ1) is 5.36. The number of carbonyl (C=O) groups excluding carboxylic acids is 1. The second kappa shape index (κ2) is 2.35. The van der Waals surface area contributed by atoms with E-state index in [0.29, 0.717) is 5.92 Å². The van der Waals surface area contributed by atoms with Crippen molar-refractivity contribution in [2.45, 2.75) is 0 Å². The van der Waals surface area contributed by atoms with Crippen molar-refractivity contribution in [1.82, 2.24) is 0 Å². The van der Waals surface area contributed by atoms with Gasteiger partial charge < -0.3 is 0 Å². The van der Waals surface area contributed by atoms with Crippen LogP contribution < -0.4 is 0 Å². The fraction of sp³-hybridized carbons (Fsp3) is 0.100. The molecule has 0 saturated heterocycles. The van der Waals surface area contributed by atoms with E-state index >= 15 is 0 Å². The van der Waals surface area contributed by atoms with Crippen molar-refractivity contribution >= 4 is 5.78 Å². The van der Waals surface area contributed by atoms with Gasteiger partial charge in [0, 0.05) is 5.92 Å². The maximum atomic E-state index is 10.8. The first-order valence-corrected chi connectivity index (χ1v) is 3.65. The summed E-state index contributed by atoms with van der Waals surface area (Å²) in [4.78, 5) is 10.8. The summed E-state index contributed by atoms with van der Waals surface area (Å²) in [6.45, 7) is 0. The lowest BCUT2D eigenvalue weighted by molar-refractivity contribution is -0.110. The molecule has 0 fully saturated rings. The van der Waals surface area contributed by atoms with Crippen LogP contribution in [0.5, 0.6) is 0 Å². The van der Waals surface area contributed by atoms with Gasteiger partial charge in [-0.15, -0.1) is 0 Å². The van der Waals surface area contributed by atoms with E-state index < -0.39 is 0 Å². The maximum Gasteiger partial charge on any atom is 0.178 e. The Morgan fingerprint density at radius 3 is 2.36 bits per heavy atom. The number of rotatable bonds is 1. The Hall–Kier alpha value is -1.37. The van der Waals surface area contributed by atoms with Gasteiger partial charge in [-0.05, 0) is 17.7 Å². The molecule has 1 nitrogen and oxygen atoms in total. The molecule has 0 aromatic rings. The topological polar surface area (TPSA) is 17.1 Å². The molecule has 0 N–H and O–H groups in total. The van der Waals surface area contributed by atoms with Gasteiger partial charge in [0.15, 0.2) is 5.78 Å². The lowest BCUT2D eigenvalue weighted by Crippen LogP contribution is -1.90. The molecular weight excluding hydrogens is 136 g/mol. The molecule has 0 aromatic carbocycles. The molecule has 11 heavy (non-hydrogen) atoms. The Labute approximate surface area is 65.4 Å². The minimum atomic E-state index is 0.105. The van der Waals surface area contributed by atoms with Crippen LogP contribution in [0, 0.1) is 5.92 Å². The van der Waals surface area contributed by atoms with E-state index in [4.69, 9.17) is 0 Å². The first kappa shape index (κ1) is 6.35. The van der Waals surface area contributed by atoms with E-state index in [0.717, 1.165) is 5.57 Å². The highest BCUT2D eigenvalue weighted by Gasteiger charge is 2.12. The molecule has 2 rings (SSSR count). The molecule has 0 radical (unpaired) electrons. The third kappa shape index (κ3) is 1.09. The van der Waals surface area contributed by atoms with Gasteiger partial charge in [0.25, 0.3) is 0 Å². The van der Waals surface area contributed by atoms with Crippen LogP contribution in [0.1, 0.15) is 0 Å². The fourth-order valence-electron chi connectivity index (χ4n) is 1.30. The molecule has 0 atom stereocenters. The highest BCUT2D eigenvalue weighted by Crippen LogP contribution is 2.22. The summed E-state index contributed by atoms with van der Waals surface area (Å²) in [7, 11) is 0. The van der Waals surface area contributed by atoms with E-state index in [9.17, 15) is 4.79 Å². The van der Waals surface area contributed by atoms with Crippen molar-refractivity contribution < 1.29 is 4.79 Å². The largest absolute Gasteiger partial charge is 0.290 e. The maximum absolute atomic E-state index is 10.8. The molecule has 0 unspecified atom stereocenters. The smallest absolute Gasteiger partial charge is 0.178 e. The Balaban J connectivity index is 2.24. The second-order valence-electron chi connectivity index (χ2n) is 2.68. The zero-order valence-electron chi connectivity index (χ0n) is 6.03. The summed E-state index contributed by atoms with van der Waals surface area (Å²) in [5.74, 6) is 0.436. The molecule has 0 aliphatic heterocycles. The molecule has 0 amide bonds. The average molecular weight is 144 g/mol. The van der Waals surface area contributed by atoms with Gasteiger partial charge >= 0.3 is 0 Å². The van der Waals surface area contributed by atoms with Gasteiger partial charge in [-0.25, -0.2) is 0 Å². The van der Waals surface area contributed by atoms with Gasteiger partial charge in [0.2, 0.25) is 0 Å². The molecule has 1 heteroatoms. The van der Waals surface area contributed by atoms with Gasteiger partial charge in [-0.2, -0.15) is 0 Å². The fourth-order valence-corrected chi connectivity index (χ4v) is 1.30. The van der Waals surface area contributed by atoms with Crippen LogP contribution >= 0.6 is 0 Å². The lowest BCUT2D eigenvalue weighted by Gasteiger charge is -2.01. The average Bonchev–Trinajstić information content (AvgIpc) is 2.55. The summed E-state index contributed by atoms with van der Waals surface area (Å²) in [5, 5.41) is 0. The van der Waals surface area contributed by atoms with Crippen LogP contribution in [-0.2, 0) is 4.79 Å². The quantitative estimate of drug-likeness (QED) is 0.548. The van der Waals surface area contributed by atoms with Crippen molar-refractivity contribution in [2.75, 3.05) is 0 Å². The highest BCUT2D eigenvalue weighted by molar-refractivity contribution is 6.03. The summed E-state index contributed by atoms with van der Waals surface area (Å²) in [5.41, 5.74) is 1.10. The van der Waals surface area contributed by atoms with Crippen molar-refractivity contribution in [1.29, 1.82) is 0 Å². The Morgan fingerprint density at radius 1 is 1.09 bits per heavy atom. The SMILES string of the molecule is O=C1C=CC(C2C=CC=C2)=C1. The van der Waals surface area contributed by atoms with E-state index in [1.54, 1.807) is 12.2 Å². The molecular formula is C10H8O. The highest BCUT2D eigenvalue weighted by atomic mass is 16.1. The summed E-state index contributed by atoms with van der Waals surface area (Å²) in [6, 6.07) is 0. The molecule has 0 saturated carbocycles. The predicted octanol–water partition coefficient (Wildman–Crippen LogP) is 1.79. The third-order valence-corrected chi connectivity index (χ3v) is 1.88. The summed E-state index contributed by atoms with van der Waals surface area (Å²) >= 11 is 0. The summed E-state index contributed by atoms with van der Waals surface area (Å²) in [6.07, 6.45) is 13.3. The normalized spacial score (nSPS) is 21.8. The molecule has 0 bridgehead atoms. The predicted molar refractivity (Wildman–Crippen MR) is 44.0 cm³/mol. The van der Waals surface area contributed by atoms with Crippen LogP contribution in [0.2, 0.25) is 0 Å². The van der Waals surface area contributed by atoms with Gasteiger partial charge in [0.05, 0.1) is 0 Å². The first-order valence-electron chi connectivity index (χ1n) is 3.65. The molecule has 2 aliphatic carbocycles. The van der Waals surface area contributed by atoms with E-state index in [1.165, 1.54) is 0 Å². The van der Waals surface area contributed by atoms with Gasteiger partial charge in [-0.3, -0.25) is 4.79 Å². The van der Waals surface area contributed by atoms with Gasteiger partial charge in [0.1, 0.15) is 0 Å². The Bertz CT molecular complexity index is 291. The molecule has 0 aromatic heterocycles. The van der Waals surface area contributed by atoms with Crippen LogP contribution in [0.15, 0.2) is 48.1 Å². The standard InChI is InChI=1S/C10H8O/c11-10-6-5-9(7-10)8-3-1-2-4-8/h1-8H. The van der Waals surface area contributed by atoms with Crippen molar-refractivity contribution in [2.24, 2.45) is 5.92 Å². The number of carbonyl (C=O) groups is 1. The molecule has 0 heterocycles. The number of ketones is 1. The zero-order valence-corrected chi connectivity index (χ0v) is 6.03. The lowest BCUT2D eigenvalue weighted by atomic mass is 10.0. The van der Waals surface area contributed by atoms with Crippen molar-refractivity contribution in [3.05, 3.63) is 48.1 Å². The Morgan fingerprint density at radius 2 is 1.82 bits per heavy atom. The number of hydrogen-bond acceptors (Lipinski definition) is 1. The zero-order chi connectivity index (χ0) is 7.68. The molecule has 2 aliphatic rings. The van der Waals surface area contributed by atoms with Gasteiger partial charge in [-0.1, -0.05) is 30.4 Å². The van der Waals surface area contributed by atoms with E-state index in [2.05, 4.69) is 12.2 Å².